The highest BCUT2D eigenvalue weighted by Crippen LogP contribution is 2.32. The summed E-state index contributed by atoms with van der Waals surface area (Å²) in [5.74, 6) is 0.961. The normalized spacial score (nSPS) is 10.3. The zero-order valence-corrected chi connectivity index (χ0v) is 15.5. The van der Waals surface area contributed by atoms with E-state index in [1.807, 2.05) is 30.6 Å². The molecule has 0 spiro atoms. The van der Waals surface area contributed by atoms with Gasteiger partial charge in [-0.3, -0.25) is 4.79 Å². The standard InChI is InChI=1S/C19H19N3O3S/c1-20-19-22-16(11-26-19)12-7-8-17(25-3)15(10-12)21-18(23)13-5-4-6-14(9-13)24-2/h4-11H,1-3H3,(H,20,22)(H,21,23). The van der Waals surface area contributed by atoms with Crippen molar-refractivity contribution < 1.29 is 14.3 Å². The summed E-state index contributed by atoms with van der Waals surface area (Å²) in [7, 11) is 4.96. The van der Waals surface area contributed by atoms with Crippen molar-refractivity contribution in [3.05, 3.63) is 53.4 Å². The molecule has 134 valence electrons. The second-order valence-corrected chi connectivity index (χ2v) is 6.25. The van der Waals surface area contributed by atoms with Gasteiger partial charge in [0.25, 0.3) is 5.91 Å². The number of thiazole rings is 1. The Kier molecular flexibility index (Phi) is 5.38. The minimum absolute atomic E-state index is 0.242. The molecule has 0 saturated heterocycles. The number of aromatic nitrogens is 1. The van der Waals surface area contributed by atoms with Crippen molar-refractivity contribution in [2.24, 2.45) is 0 Å². The smallest absolute Gasteiger partial charge is 0.255 e. The number of benzene rings is 2. The number of ether oxygens (including phenoxy) is 2. The van der Waals surface area contributed by atoms with Crippen molar-refractivity contribution in [1.29, 1.82) is 0 Å². The molecule has 0 bridgehead atoms. The fourth-order valence-electron chi connectivity index (χ4n) is 2.44. The van der Waals surface area contributed by atoms with Crippen molar-refractivity contribution in [3.63, 3.8) is 0 Å². The summed E-state index contributed by atoms with van der Waals surface area (Å²) >= 11 is 1.52. The van der Waals surface area contributed by atoms with E-state index in [-0.39, 0.29) is 5.91 Å². The van der Waals surface area contributed by atoms with Gasteiger partial charge in [0.15, 0.2) is 5.13 Å². The Labute approximate surface area is 155 Å². The van der Waals surface area contributed by atoms with E-state index in [2.05, 4.69) is 15.6 Å². The summed E-state index contributed by atoms with van der Waals surface area (Å²) < 4.78 is 10.5. The Balaban J connectivity index is 1.90. The number of methoxy groups -OCH3 is 2. The predicted octanol–water partition coefficient (Wildman–Crippen LogP) is 4.12. The number of hydrogen-bond acceptors (Lipinski definition) is 6. The van der Waals surface area contributed by atoms with Gasteiger partial charge in [-0.15, -0.1) is 11.3 Å². The van der Waals surface area contributed by atoms with Gasteiger partial charge in [-0.1, -0.05) is 6.07 Å². The van der Waals surface area contributed by atoms with E-state index in [1.165, 1.54) is 11.3 Å². The molecule has 0 saturated carbocycles. The van der Waals surface area contributed by atoms with Gasteiger partial charge in [0.1, 0.15) is 11.5 Å². The van der Waals surface area contributed by atoms with Gasteiger partial charge in [-0.05, 0) is 36.4 Å². The molecule has 7 heteroatoms. The summed E-state index contributed by atoms with van der Waals surface area (Å²) in [5, 5.41) is 8.71. The van der Waals surface area contributed by atoms with Gasteiger partial charge in [0, 0.05) is 23.6 Å². The number of rotatable bonds is 6. The third-order valence-corrected chi connectivity index (χ3v) is 4.65. The van der Waals surface area contributed by atoms with Crippen molar-refractivity contribution >= 4 is 28.1 Å². The van der Waals surface area contributed by atoms with Crippen LogP contribution in [-0.2, 0) is 0 Å². The highest BCUT2D eigenvalue weighted by atomic mass is 32.1. The summed E-state index contributed by atoms with van der Waals surface area (Å²) in [6, 6.07) is 12.6. The third kappa shape index (κ3) is 3.78. The van der Waals surface area contributed by atoms with Gasteiger partial charge in [-0.2, -0.15) is 0 Å². The maximum atomic E-state index is 12.6. The van der Waals surface area contributed by atoms with E-state index in [4.69, 9.17) is 9.47 Å². The summed E-state index contributed by atoms with van der Waals surface area (Å²) in [6.45, 7) is 0. The van der Waals surface area contributed by atoms with E-state index in [1.54, 1.807) is 38.5 Å². The van der Waals surface area contributed by atoms with Crippen molar-refractivity contribution in [2.75, 3.05) is 31.9 Å². The molecule has 0 atom stereocenters. The SMILES string of the molecule is CNc1nc(-c2ccc(OC)c(NC(=O)c3cccc(OC)c3)c2)cs1. The third-order valence-electron chi connectivity index (χ3n) is 3.79. The number of hydrogen-bond donors (Lipinski definition) is 2. The molecule has 3 rings (SSSR count). The molecule has 0 fully saturated rings. The first-order chi connectivity index (χ1) is 12.6. The quantitative estimate of drug-likeness (QED) is 0.684. The molecule has 0 aliphatic heterocycles. The lowest BCUT2D eigenvalue weighted by molar-refractivity contribution is 0.102. The Morgan fingerprint density at radius 2 is 1.96 bits per heavy atom. The van der Waals surface area contributed by atoms with Crippen molar-refractivity contribution in [2.45, 2.75) is 0 Å². The number of anilines is 2. The van der Waals surface area contributed by atoms with Gasteiger partial charge in [0.05, 0.1) is 25.6 Å². The second-order valence-electron chi connectivity index (χ2n) is 5.39. The molecule has 0 aliphatic rings. The summed E-state index contributed by atoms with van der Waals surface area (Å²) in [6.07, 6.45) is 0. The Bertz CT molecular complexity index is 924. The van der Waals surface area contributed by atoms with Gasteiger partial charge in [-0.25, -0.2) is 4.98 Å². The number of nitrogens with one attached hydrogen (secondary N) is 2. The highest BCUT2D eigenvalue weighted by Gasteiger charge is 2.13. The number of carbonyl (C=O) groups excluding carboxylic acids is 1. The average Bonchev–Trinajstić information content (AvgIpc) is 3.17. The molecule has 6 nitrogen and oxygen atoms in total. The van der Waals surface area contributed by atoms with E-state index >= 15 is 0 Å². The first-order valence-corrected chi connectivity index (χ1v) is 8.79. The molecule has 1 heterocycles. The largest absolute Gasteiger partial charge is 0.497 e. The maximum absolute atomic E-state index is 12.6. The fourth-order valence-corrected chi connectivity index (χ4v) is 3.13. The van der Waals surface area contributed by atoms with Crippen LogP contribution in [0.3, 0.4) is 0 Å². The number of amides is 1. The zero-order valence-electron chi connectivity index (χ0n) is 14.7. The van der Waals surface area contributed by atoms with Crippen molar-refractivity contribution in [3.8, 4) is 22.8 Å². The first-order valence-electron chi connectivity index (χ1n) is 7.91. The van der Waals surface area contributed by atoms with E-state index in [0.717, 1.165) is 16.4 Å². The highest BCUT2D eigenvalue weighted by molar-refractivity contribution is 7.14. The van der Waals surface area contributed by atoms with Crippen LogP contribution < -0.4 is 20.1 Å². The van der Waals surface area contributed by atoms with Crippen LogP contribution in [0.1, 0.15) is 10.4 Å². The van der Waals surface area contributed by atoms with Crippen LogP contribution >= 0.6 is 11.3 Å². The lowest BCUT2D eigenvalue weighted by Gasteiger charge is -2.12. The lowest BCUT2D eigenvalue weighted by Crippen LogP contribution is -2.12. The Morgan fingerprint density at radius 1 is 1.12 bits per heavy atom. The van der Waals surface area contributed by atoms with E-state index in [9.17, 15) is 4.79 Å². The Morgan fingerprint density at radius 3 is 2.65 bits per heavy atom. The van der Waals surface area contributed by atoms with Crippen LogP contribution in [0.4, 0.5) is 10.8 Å². The van der Waals surface area contributed by atoms with Gasteiger partial charge >= 0.3 is 0 Å². The molecule has 2 N–H and O–H groups in total. The molecule has 0 unspecified atom stereocenters. The zero-order chi connectivity index (χ0) is 18.5. The summed E-state index contributed by atoms with van der Waals surface area (Å²) in [5.41, 5.74) is 2.81. The van der Waals surface area contributed by atoms with Crippen LogP contribution in [0.25, 0.3) is 11.3 Å². The number of carbonyl (C=O) groups is 1. The summed E-state index contributed by atoms with van der Waals surface area (Å²) in [4.78, 5) is 17.1. The fraction of sp³-hybridized carbons (Fsp3) is 0.158. The topological polar surface area (TPSA) is 72.5 Å². The molecule has 1 amide bonds. The molecule has 2 aromatic carbocycles. The van der Waals surface area contributed by atoms with E-state index in [0.29, 0.717) is 22.7 Å². The molecule has 26 heavy (non-hydrogen) atoms. The maximum Gasteiger partial charge on any atom is 0.255 e. The van der Waals surface area contributed by atoms with Crippen LogP contribution in [-0.4, -0.2) is 32.2 Å². The van der Waals surface area contributed by atoms with E-state index < -0.39 is 0 Å². The molecule has 1 aromatic heterocycles. The van der Waals surface area contributed by atoms with Crippen LogP contribution in [0, 0.1) is 0 Å². The Hall–Kier alpha value is -3.06. The predicted molar refractivity (Wildman–Crippen MR) is 105 cm³/mol. The minimum atomic E-state index is -0.242. The van der Waals surface area contributed by atoms with Crippen LogP contribution in [0.2, 0.25) is 0 Å². The van der Waals surface area contributed by atoms with Crippen molar-refractivity contribution in [1.82, 2.24) is 4.98 Å². The lowest BCUT2D eigenvalue weighted by atomic mass is 10.1. The van der Waals surface area contributed by atoms with Gasteiger partial charge in [0.2, 0.25) is 0 Å². The number of nitrogens with zero attached hydrogens (tertiary/aromatic N) is 1. The van der Waals surface area contributed by atoms with Gasteiger partial charge < -0.3 is 20.1 Å². The minimum Gasteiger partial charge on any atom is -0.497 e. The second kappa shape index (κ2) is 7.88. The molecule has 3 aromatic rings. The molecular weight excluding hydrogens is 350 g/mol. The van der Waals surface area contributed by atoms with Crippen LogP contribution in [0.15, 0.2) is 47.8 Å². The molecular formula is C19H19N3O3S. The monoisotopic (exact) mass is 369 g/mol. The molecule has 0 radical (unpaired) electrons. The molecule has 0 aliphatic carbocycles. The average molecular weight is 369 g/mol. The first kappa shape index (κ1) is 17.8. The van der Waals surface area contributed by atoms with Crippen LogP contribution in [0.5, 0.6) is 11.5 Å².